The molecule has 0 unspecified atom stereocenters. The highest BCUT2D eigenvalue weighted by atomic mass is 16.5. The van der Waals surface area contributed by atoms with Gasteiger partial charge >= 0.3 is 0 Å². The third kappa shape index (κ3) is 3.76. The maximum atomic E-state index is 12.1. The maximum Gasteiger partial charge on any atom is 0.237 e. The van der Waals surface area contributed by atoms with Crippen molar-refractivity contribution in [2.24, 2.45) is 11.7 Å². The fourth-order valence-electron chi connectivity index (χ4n) is 3.67. The van der Waals surface area contributed by atoms with Crippen LogP contribution < -0.4 is 15.8 Å². The van der Waals surface area contributed by atoms with Gasteiger partial charge in [-0.1, -0.05) is 12.1 Å². The Morgan fingerprint density at radius 3 is 2.72 bits per heavy atom. The van der Waals surface area contributed by atoms with Crippen LogP contribution in [0.4, 0.5) is 0 Å². The summed E-state index contributed by atoms with van der Waals surface area (Å²) in [6.45, 7) is 0. The lowest BCUT2D eigenvalue weighted by Gasteiger charge is -2.30. The van der Waals surface area contributed by atoms with Crippen molar-refractivity contribution in [3.05, 3.63) is 36.7 Å². The number of nitrogens with zero attached hydrogens (tertiary/aromatic N) is 1. The van der Waals surface area contributed by atoms with Crippen LogP contribution in [0.2, 0.25) is 0 Å². The quantitative estimate of drug-likeness (QED) is 0.878. The minimum absolute atomic E-state index is 0.0217. The molecule has 0 saturated heterocycles. The van der Waals surface area contributed by atoms with Crippen LogP contribution in [0.5, 0.6) is 5.75 Å². The fraction of sp³-hybridized carbons (Fsp3) is 0.500. The molecule has 2 aliphatic rings. The summed E-state index contributed by atoms with van der Waals surface area (Å²) in [5.41, 5.74) is 5.98. The summed E-state index contributed by atoms with van der Waals surface area (Å²) >= 11 is 0. The number of pyridine rings is 1. The van der Waals surface area contributed by atoms with Crippen molar-refractivity contribution in [2.75, 3.05) is 0 Å². The van der Waals surface area contributed by atoms with Crippen molar-refractivity contribution in [3.63, 3.8) is 0 Å². The highest BCUT2D eigenvalue weighted by Crippen LogP contribution is 2.32. The van der Waals surface area contributed by atoms with Crippen molar-refractivity contribution in [3.8, 4) is 5.75 Å². The van der Waals surface area contributed by atoms with Gasteiger partial charge in [-0.2, -0.15) is 0 Å². The van der Waals surface area contributed by atoms with Gasteiger partial charge < -0.3 is 15.8 Å². The van der Waals surface area contributed by atoms with E-state index in [9.17, 15) is 4.79 Å². The van der Waals surface area contributed by atoms with Gasteiger partial charge in [0.05, 0.1) is 12.1 Å². The smallest absolute Gasteiger partial charge is 0.237 e. The van der Waals surface area contributed by atoms with E-state index in [2.05, 4.69) is 10.3 Å². The molecule has 2 aromatic rings. The lowest BCUT2D eigenvalue weighted by Crippen LogP contribution is -2.48. The van der Waals surface area contributed by atoms with E-state index in [1.165, 1.54) is 0 Å². The number of aromatic nitrogens is 1. The molecule has 2 aliphatic carbocycles. The highest BCUT2D eigenvalue weighted by Gasteiger charge is 2.34. The minimum Gasteiger partial charge on any atom is -0.490 e. The number of fused-ring (bicyclic) bond motifs is 1. The molecule has 1 atom stereocenters. The van der Waals surface area contributed by atoms with Crippen molar-refractivity contribution in [1.82, 2.24) is 10.3 Å². The molecular weight excluding hydrogens is 314 g/mol. The molecule has 25 heavy (non-hydrogen) atoms. The number of ether oxygens (including phenoxy) is 1. The number of nitrogens with one attached hydrogen (secondary N) is 1. The van der Waals surface area contributed by atoms with E-state index in [0.29, 0.717) is 5.92 Å². The monoisotopic (exact) mass is 339 g/mol. The second-order valence-corrected chi connectivity index (χ2v) is 7.32. The Labute approximate surface area is 148 Å². The molecule has 1 aromatic heterocycles. The first-order chi connectivity index (χ1) is 12.2. The molecule has 4 rings (SSSR count). The Kier molecular flexibility index (Phi) is 4.57. The van der Waals surface area contributed by atoms with Crippen LogP contribution in [0.1, 0.15) is 38.5 Å². The van der Waals surface area contributed by atoms with Gasteiger partial charge in [-0.15, -0.1) is 0 Å². The Balaban J connectivity index is 1.32. The number of hydrogen-bond donors (Lipinski definition) is 2. The van der Waals surface area contributed by atoms with Crippen LogP contribution in [-0.4, -0.2) is 29.1 Å². The highest BCUT2D eigenvalue weighted by molar-refractivity contribution is 5.87. The molecular formula is C20H25N3O2. The van der Waals surface area contributed by atoms with Crippen LogP contribution in [0.3, 0.4) is 0 Å². The van der Waals surface area contributed by atoms with Crippen molar-refractivity contribution in [2.45, 2.75) is 56.7 Å². The van der Waals surface area contributed by atoms with Gasteiger partial charge in [0.2, 0.25) is 5.91 Å². The minimum atomic E-state index is -0.321. The van der Waals surface area contributed by atoms with Crippen molar-refractivity contribution >= 4 is 16.7 Å². The number of amides is 1. The molecule has 0 aliphatic heterocycles. The lowest BCUT2D eigenvalue weighted by atomic mass is 9.92. The van der Waals surface area contributed by atoms with Crippen LogP contribution in [0.25, 0.3) is 10.8 Å². The third-order valence-corrected chi connectivity index (χ3v) is 5.39. The summed E-state index contributed by atoms with van der Waals surface area (Å²) in [7, 11) is 0. The molecule has 3 N–H and O–H groups in total. The molecule has 1 heterocycles. The Bertz CT molecular complexity index is 746. The van der Waals surface area contributed by atoms with E-state index >= 15 is 0 Å². The fourth-order valence-corrected chi connectivity index (χ4v) is 3.67. The summed E-state index contributed by atoms with van der Waals surface area (Å²) in [6, 6.07) is 7.97. The molecule has 5 nitrogen and oxygen atoms in total. The number of hydrogen-bond acceptors (Lipinski definition) is 4. The van der Waals surface area contributed by atoms with Crippen LogP contribution >= 0.6 is 0 Å². The summed E-state index contributed by atoms with van der Waals surface area (Å²) < 4.78 is 6.25. The molecule has 2 saturated carbocycles. The first-order valence-corrected chi connectivity index (χ1v) is 9.26. The SMILES string of the molecule is N[C@H](C(=O)NC1CCC(Oc2cccc3cnccc23)CC1)C1CC1. The second kappa shape index (κ2) is 7.00. The van der Waals surface area contributed by atoms with Crippen LogP contribution in [-0.2, 0) is 4.79 Å². The van der Waals surface area contributed by atoms with Crippen molar-refractivity contribution < 1.29 is 9.53 Å². The number of nitrogens with two attached hydrogens (primary N) is 1. The summed E-state index contributed by atoms with van der Waals surface area (Å²) in [6.07, 6.45) is 9.83. The Morgan fingerprint density at radius 2 is 1.96 bits per heavy atom. The van der Waals surface area contributed by atoms with E-state index in [-0.39, 0.29) is 24.1 Å². The first-order valence-electron chi connectivity index (χ1n) is 9.26. The van der Waals surface area contributed by atoms with Crippen LogP contribution in [0.15, 0.2) is 36.7 Å². The topological polar surface area (TPSA) is 77.2 Å². The van der Waals surface area contributed by atoms with E-state index < -0.39 is 0 Å². The van der Waals surface area contributed by atoms with Crippen molar-refractivity contribution in [1.29, 1.82) is 0 Å². The molecule has 132 valence electrons. The zero-order valence-electron chi connectivity index (χ0n) is 14.4. The van der Waals surface area contributed by atoms with Gasteiger partial charge in [-0.05, 0) is 56.6 Å². The molecule has 1 aromatic carbocycles. The predicted octanol–water partition coefficient (Wildman–Crippen LogP) is 2.78. The third-order valence-electron chi connectivity index (χ3n) is 5.39. The van der Waals surface area contributed by atoms with Gasteiger partial charge in [-0.25, -0.2) is 0 Å². The Morgan fingerprint density at radius 1 is 1.16 bits per heavy atom. The second-order valence-electron chi connectivity index (χ2n) is 7.32. The maximum absolute atomic E-state index is 12.1. The molecule has 5 heteroatoms. The molecule has 1 amide bonds. The normalized spacial score (nSPS) is 24.7. The summed E-state index contributed by atoms with van der Waals surface area (Å²) in [5.74, 6) is 1.34. The van der Waals surface area contributed by atoms with Gasteiger partial charge in [0.1, 0.15) is 5.75 Å². The number of rotatable bonds is 5. The summed E-state index contributed by atoms with van der Waals surface area (Å²) in [5, 5.41) is 5.32. The van der Waals surface area contributed by atoms with E-state index in [1.807, 2.05) is 30.5 Å². The van der Waals surface area contributed by atoms with E-state index in [0.717, 1.165) is 55.0 Å². The number of carbonyl (C=O) groups excluding carboxylic acids is 1. The standard InChI is InChI=1S/C20H25N3O2/c21-19(13-4-5-13)20(24)23-15-6-8-16(9-7-15)25-18-3-1-2-14-12-22-11-10-17(14)18/h1-3,10-13,15-16,19H,4-9,21H2,(H,23,24)/t15?,16?,19-/m0/s1. The van der Waals surface area contributed by atoms with Gasteiger partial charge in [-0.3, -0.25) is 9.78 Å². The molecule has 0 bridgehead atoms. The molecule has 0 spiro atoms. The lowest BCUT2D eigenvalue weighted by molar-refractivity contribution is -0.123. The summed E-state index contributed by atoms with van der Waals surface area (Å²) in [4.78, 5) is 16.3. The zero-order valence-corrected chi connectivity index (χ0v) is 14.4. The molecule has 0 radical (unpaired) electrons. The molecule has 2 fully saturated rings. The number of carbonyl (C=O) groups is 1. The Hall–Kier alpha value is -2.14. The van der Waals surface area contributed by atoms with Gasteiger partial charge in [0.15, 0.2) is 0 Å². The van der Waals surface area contributed by atoms with E-state index in [1.54, 1.807) is 6.20 Å². The average Bonchev–Trinajstić information content (AvgIpc) is 3.48. The van der Waals surface area contributed by atoms with Gasteiger partial charge in [0.25, 0.3) is 0 Å². The zero-order chi connectivity index (χ0) is 17.2. The predicted molar refractivity (Wildman–Crippen MR) is 97.3 cm³/mol. The van der Waals surface area contributed by atoms with Gasteiger partial charge in [0, 0.05) is 29.2 Å². The average molecular weight is 339 g/mol. The largest absolute Gasteiger partial charge is 0.490 e. The van der Waals surface area contributed by atoms with Crippen LogP contribution in [0, 0.1) is 5.92 Å². The number of benzene rings is 1. The first kappa shape index (κ1) is 16.3. The van der Waals surface area contributed by atoms with E-state index in [4.69, 9.17) is 10.5 Å².